The van der Waals surface area contributed by atoms with Gasteiger partial charge in [-0.2, -0.15) is 0 Å². The minimum Gasteiger partial charge on any atom is -0.297 e. The molecule has 1 heterocycles. The van der Waals surface area contributed by atoms with Gasteiger partial charge in [-0.1, -0.05) is 37.3 Å². The molecular formula is C14H16ClN3O2S. The Morgan fingerprint density at radius 1 is 1.29 bits per heavy atom. The fraction of sp³-hybridized carbons (Fsp3) is 0.429. The Morgan fingerprint density at radius 2 is 1.95 bits per heavy atom. The molecular weight excluding hydrogens is 310 g/mol. The summed E-state index contributed by atoms with van der Waals surface area (Å²) in [4.78, 5) is 0. The second-order valence-electron chi connectivity index (χ2n) is 5.25. The summed E-state index contributed by atoms with van der Waals surface area (Å²) in [5.74, 6) is 0.705. The molecule has 1 aromatic heterocycles. The van der Waals surface area contributed by atoms with Crippen LogP contribution in [0.1, 0.15) is 49.5 Å². The van der Waals surface area contributed by atoms with E-state index in [0.717, 1.165) is 24.8 Å². The summed E-state index contributed by atoms with van der Waals surface area (Å²) in [5, 5.41) is 7.85. The van der Waals surface area contributed by atoms with Gasteiger partial charge >= 0.3 is 0 Å². The molecule has 1 aromatic carbocycles. The summed E-state index contributed by atoms with van der Waals surface area (Å²) in [6, 6.07) is 10.1. The van der Waals surface area contributed by atoms with Gasteiger partial charge in [0.2, 0.25) is 0 Å². The van der Waals surface area contributed by atoms with Gasteiger partial charge in [-0.25, -0.2) is 8.42 Å². The Bertz CT molecular complexity index is 739. The zero-order valence-corrected chi connectivity index (χ0v) is 13.2. The maximum absolute atomic E-state index is 11.7. The summed E-state index contributed by atoms with van der Waals surface area (Å²) in [6.07, 6.45) is 2.70. The monoisotopic (exact) mass is 325 g/mol. The van der Waals surface area contributed by atoms with E-state index >= 15 is 0 Å². The highest BCUT2D eigenvalue weighted by Crippen LogP contribution is 2.41. The Morgan fingerprint density at radius 3 is 2.48 bits per heavy atom. The van der Waals surface area contributed by atoms with Gasteiger partial charge in [0.05, 0.1) is 0 Å². The van der Waals surface area contributed by atoms with Crippen LogP contribution in [0.5, 0.6) is 0 Å². The van der Waals surface area contributed by atoms with Gasteiger partial charge in [-0.15, -0.1) is 10.2 Å². The molecule has 0 amide bonds. The molecule has 5 nitrogen and oxygen atoms in total. The van der Waals surface area contributed by atoms with Crippen LogP contribution in [0.25, 0.3) is 0 Å². The largest absolute Gasteiger partial charge is 0.297 e. The first-order valence-electron chi connectivity index (χ1n) is 6.96. The number of nitrogens with zero attached hydrogens (tertiary/aromatic N) is 3. The average molecular weight is 326 g/mol. The SMILES string of the molecule is CCC(c1ccccc1)c1nnc(S(=O)(=O)Cl)n1C1CC1. The van der Waals surface area contributed by atoms with Crippen LogP contribution in [0.2, 0.25) is 0 Å². The van der Waals surface area contributed by atoms with Crippen LogP contribution in [0.4, 0.5) is 0 Å². The zero-order valence-electron chi connectivity index (χ0n) is 11.6. The minimum atomic E-state index is -3.88. The molecule has 1 fully saturated rings. The van der Waals surface area contributed by atoms with Crippen molar-refractivity contribution in [3.05, 3.63) is 41.7 Å². The maximum Gasteiger partial charge on any atom is 0.296 e. The van der Waals surface area contributed by atoms with Crippen LogP contribution in [0.3, 0.4) is 0 Å². The lowest BCUT2D eigenvalue weighted by Crippen LogP contribution is -2.12. The van der Waals surface area contributed by atoms with Crippen molar-refractivity contribution >= 4 is 19.7 Å². The molecule has 0 N–H and O–H groups in total. The molecule has 1 saturated carbocycles. The van der Waals surface area contributed by atoms with Crippen molar-refractivity contribution in [1.29, 1.82) is 0 Å². The summed E-state index contributed by atoms with van der Waals surface area (Å²) < 4.78 is 25.1. The second-order valence-corrected chi connectivity index (χ2v) is 7.71. The van der Waals surface area contributed by atoms with Crippen molar-refractivity contribution in [3.8, 4) is 0 Å². The van der Waals surface area contributed by atoms with Crippen molar-refractivity contribution in [2.45, 2.75) is 43.3 Å². The third kappa shape index (κ3) is 2.82. The van der Waals surface area contributed by atoms with Crippen LogP contribution in [-0.2, 0) is 9.05 Å². The maximum atomic E-state index is 11.7. The molecule has 112 valence electrons. The molecule has 1 aliphatic rings. The first-order chi connectivity index (χ1) is 10.0. The molecule has 0 spiro atoms. The Hall–Kier alpha value is -1.40. The third-order valence-corrected chi connectivity index (χ3v) is 4.87. The first kappa shape index (κ1) is 14.5. The van der Waals surface area contributed by atoms with E-state index in [0.29, 0.717) is 5.82 Å². The van der Waals surface area contributed by atoms with Gasteiger partial charge in [0.1, 0.15) is 5.82 Å². The van der Waals surface area contributed by atoms with Crippen LogP contribution < -0.4 is 0 Å². The predicted molar refractivity (Wildman–Crippen MR) is 79.9 cm³/mol. The average Bonchev–Trinajstić information content (AvgIpc) is 3.19. The molecule has 7 heteroatoms. The highest BCUT2D eigenvalue weighted by Gasteiger charge is 2.35. The van der Waals surface area contributed by atoms with Gasteiger partial charge in [0.15, 0.2) is 0 Å². The van der Waals surface area contributed by atoms with E-state index in [1.54, 1.807) is 4.57 Å². The summed E-state index contributed by atoms with van der Waals surface area (Å²) in [5.41, 5.74) is 1.10. The lowest BCUT2D eigenvalue weighted by atomic mass is 9.95. The first-order valence-corrected chi connectivity index (χ1v) is 9.27. The Kier molecular flexibility index (Phi) is 3.75. The van der Waals surface area contributed by atoms with Gasteiger partial charge in [0.25, 0.3) is 14.2 Å². The van der Waals surface area contributed by atoms with Crippen molar-refractivity contribution in [3.63, 3.8) is 0 Å². The fourth-order valence-corrected chi connectivity index (χ4v) is 3.55. The summed E-state index contributed by atoms with van der Waals surface area (Å²) in [7, 11) is 1.61. The third-order valence-electron chi connectivity index (χ3n) is 3.74. The van der Waals surface area contributed by atoms with Gasteiger partial charge < -0.3 is 0 Å². The van der Waals surface area contributed by atoms with E-state index in [1.807, 2.05) is 30.3 Å². The van der Waals surface area contributed by atoms with E-state index in [1.165, 1.54) is 0 Å². The van der Waals surface area contributed by atoms with Crippen molar-refractivity contribution in [2.75, 3.05) is 0 Å². The molecule has 2 aromatic rings. The molecule has 1 unspecified atom stereocenters. The number of hydrogen-bond acceptors (Lipinski definition) is 4. The van der Waals surface area contributed by atoms with E-state index < -0.39 is 9.05 Å². The highest BCUT2D eigenvalue weighted by molar-refractivity contribution is 8.13. The van der Waals surface area contributed by atoms with Crippen LogP contribution >= 0.6 is 10.7 Å². The van der Waals surface area contributed by atoms with E-state index in [-0.39, 0.29) is 17.1 Å². The van der Waals surface area contributed by atoms with Gasteiger partial charge in [-0.3, -0.25) is 4.57 Å². The Balaban J connectivity index is 2.12. The van der Waals surface area contributed by atoms with Crippen LogP contribution in [-0.4, -0.2) is 23.2 Å². The standard InChI is InChI=1S/C14H16ClN3O2S/c1-2-12(10-6-4-3-5-7-10)13-16-17-14(21(15,19)20)18(13)11-8-9-11/h3-7,11-12H,2,8-9H2,1H3. The molecule has 1 atom stereocenters. The zero-order chi connectivity index (χ0) is 15.0. The second kappa shape index (κ2) is 5.42. The molecule has 0 bridgehead atoms. The van der Waals surface area contributed by atoms with E-state index in [4.69, 9.17) is 10.7 Å². The number of halogens is 1. The minimum absolute atomic E-state index is 0.0199. The van der Waals surface area contributed by atoms with Crippen LogP contribution in [0, 0.1) is 0 Å². The quantitative estimate of drug-likeness (QED) is 0.792. The normalized spacial score (nSPS) is 16.9. The highest BCUT2D eigenvalue weighted by atomic mass is 35.7. The smallest absolute Gasteiger partial charge is 0.296 e. The van der Waals surface area contributed by atoms with Gasteiger partial charge in [0, 0.05) is 22.6 Å². The van der Waals surface area contributed by atoms with Crippen molar-refractivity contribution in [1.82, 2.24) is 14.8 Å². The lowest BCUT2D eigenvalue weighted by molar-refractivity contribution is 0.556. The van der Waals surface area contributed by atoms with Crippen molar-refractivity contribution in [2.24, 2.45) is 0 Å². The number of hydrogen-bond donors (Lipinski definition) is 0. The van der Waals surface area contributed by atoms with Gasteiger partial charge in [-0.05, 0) is 24.8 Å². The summed E-state index contributed by atoms with van der Waals surface area (Å²) >= 11 is 0. The number of aromatic nitrogens is 3. The molecule has 3 rings (SSSR count). The van der Waals surface area contributed by atoms with Crippen LogP contribution in [0.15, 0.2) is 35.5 Å². The van der Waals surface area contributed by atoms with E-state index in [2.05, 4.69) is 17.1 Å². The molecule has 0 aliphatic heterocycles. The number of rotatable bonds is 5. The van der Waals surface area contributed by atoms with E-state index in [9.17, 15) is 8.42 Å². The molecule has 0 saturated heterocycles. The Labute approximate surface area is 128 Å². The fourth-order valence-electron chi connectivity index (χ4n) is 2.62. The number of benzene rings is 1. The lowest BCUT2D eigenvalue weighted by Gasteiger charge is -2.16. The summed E-state index contributed by atoms with van der Waals surface area (Å²) in [6.45, 7) is 2.05. The molecule has 21 heavy (non-hydrogen) atoms. The van der Waals surface area contributed by atoms with Crippen molar-refractivity contribution < 1.29 is 8.42 Å². The molecule has 1 aliphatic carbocycles. The molecule has 0 radical (unpaired) electrons. The topological polar surface area (TPSA) is 64.8 Å². The predicted octanol–water partition coefficient (Wildman–Crippen LogP) is 3.08.